The Balaban J connectivity index is 1.79. The predicted octanol–water partition coefficient (Wildman–Crippen LogP) is 2.36. The van der Waals surface area contributed by atoms with Gasteiger partial charge in [-0.2, -0.15) is 0 Å². The van der Waals surface area contributed by atoms with Crippen LogP contribution in [-0.2, 0) is 4.74 Å². The first-order valence-electron chi connectivity index (χ1n) is 8.19. The maximum Gasteiger partial charge on any atom is 0.0647 e. The fourth-order valence-corrected chi connectivity index (χ4v) is 4.38. The third-order valence-corrected chi connectivity index (χ3v) is 5.61. The lowest BCUT2D eigenvalue weighted by atomic mass is 9.86. The van der Waals surface area contributed by atoms with Crippen LogP contribution in [0.5, 0.6) is 0 Å². The molecule has 3 aliphatic heterocycles. The summed E-state index contributed by atoms with van der Waals surface area (Å²) in [7, 11) is 0. The van der Waals surface area contributed by atoms with E-state index in [0.717, 1.165) is 25.2 Å². The van der Waals surface area contributed by atoms with Gasteiger partial charge in [-0.1, -0.05) is 13.8 Å². The van der Waals surface area contributed by atoms with Crippen LogP contribution in [0.4, 0.5) is 0 Å². The van der Waals surface area contributed by atoms with Crippen molar-refractivity contribution in [3.8, 4) is 0 Å². The summed E-state index contributed by atoms with van der Waals surface area (Å²) in [5.74, 6) is 0.736. The van der Waals surface area contributed by atoms with Gasteiger partial charge in [0.1, 0.15) is 0 Å². The summed E-state index contributed by atoms with van der Waals surface area (Å²) in [4.78, 5) is 5.57. The summed E-state index contributed by atoms with van der Waals surface area (Å²) in [6.07, 6.45) is 5.34. The Labute approximate surface area is 118 Å². The van der Waals surface area contributed by atoms with Crippen molar-refractivity contribution in [1.29, 1.82) is 0 Å². The van der Waals surface area contributed by atoms with Gasteiger partial charge >= 0.3 is 0 Å². The molecule has 0 bridgehead atoms. The lowest BCUT2D eigenvalue weighted by molar-refractivity contribution is -0.0983. The predicted molar refractivity (Wildman–Crippen MR) is 78.4 cm³/mol. The van der Waals surface area contributed by atoms with E-state index in [9.17, 15) is 0 Å². The van der Waals surface area contributed by atoms with Crippen LogP contribution in [0.15, 0.2) is 0 Å². The molecule has 3 nitrogen and oxygen atoms in total. The zero-order valence-electron chi connectivity index (χ0n) is 12.9. The van der Waals surface area contributed by atoms with E-state index in [1.807, 2.05) is 0 Å². The normalized spacial score (nSPS) is 41.7. The molecule has 19 heavy (non-hydrogen) atoms. The van der Waals surface area contributed by atoms with Crippen molar-refractivity contribution in [2.45, 2.75) is 64.1 Å². The Morgan fingerprint density at radius 3 is 2.74 bits per heavy atom. The summed E-state index contributed by atoms with van der Waals surface area (Å²) < 4.78 is 5.82. The Morgan fingerprint density at radius 1 is 1.21 bits per heavy atom. The zero-order chi connectivity index (χ0) is 13.5. The van der Waals surface area contributed by atoms with Crippen LogP contribution in [0.1, 0.15) is 46.5 Å². The highest BCUT2D eigenvalue weighted by Gasteiger charge is 2.45. The fourth-order valence-electron chi connectivity index (χ4n) is 4.38. The molecule has 0 aromatic carbocycles. The molecular weight excluding hydrogens is 236 g/mol. The van der Waals surface area contributed by atoms with Gasteiger partial charge in [0.25, 0.3) is 0 Å². The van der Waals surface area contributed by atoms with E-state index in [4.69, 9.17) is 4.74 Å². The Hall–Kier alpha value is -0.120. The first-order chi connectivity index (χ1) is 9.10. The van der Waals surface area contributed by atoms with E-state index >= 15 is 0 Å². The largest absolute Gasteiger partial charge is 0.380 e. The van der Waals surface area contributed by atoms with E-state index in [2.05, 4.69) is 30.6 Å². The molecule has 3 heteroatoms. The minimum atomic E-state index is 0.280. The van der Waals surface area contributed by atoms with Crippen LogP contribution in [0.2, 0.25) is 0 Å². The van der Waals surface area contributed by atoms with E-state index < -0.39 is 0 Å². The molecule has 3 unspecified atom stereocenters. The van der Waals surface area contributed by atoms with Gasteiger partial charge in [-0.05, 0) is 45.1 Å². The van der Waals surface area contributed by atoms with Crippen molar-refractivity contribution >= 4 is 0 Å². The molecule has 0 saturated carbocycles. The number of piperazine rings is 1. The molecule has 3 heterocycles. The molecule has 3 aliphatic rings. The van der Waals surface area contributed by atoms with E-state index in [-0.39, 0.29) is 5.54 Å². The lowest BCUT2D eigenvalue weighted by Gasteiger charge is -2.54. The third-order valence-electron chi connectivity index (χ3n) is 5.61. The summed E-state index contributed by atoms with van der Waals surface area (Å²) >= 11 is 0. The second-order valence-electron chi connectivity index (χ2n) is 7.41. The molecule has 0 radical (unpaired) electrons. The molecule has 3 atom stereocenters. The second-order valence-corrected chi connectivity index (χ2v) is 7.41. The van der Waals surface area contributed by atoms with Crippen LogP contribution in [0.25, 0.3) is 0 Å². The zero-order valence-corrected chi connectivity index (χ0v) is 12.9. The van der Waals surface area contributed by atoms with Gasteiger partial charge in [0, 0.05) is 37.3 Å². The summed E-state index contributed by atoms with van der Waals surface area (Å²) in [5.41, 5.74) is 0.280. The number of nitrogens with zero attached hydrogens (tertiary/aromatic N) is 2. The Bertz CT molecular complexity index is 312. The van der Waals surface area contributed by atoms with Gasteiger partial charge in [-0.25, -0.2) is 0 Å². The van der Waals surface area contributed by atoms with Crippen LogP contribution in [0, 0.1) is 5.92 Å². The van der Waals surface area contributed by atoms with Crippen molar-refractivity contribution in [1.82, 2.24) is 9.80 Å². The molecule has 110 valence electrons. The van der Waals surface area contributed by atoms with Crippen LogP contribution < -0.4 is 0 Å². The first kappa shape index (κ1) is 13.8. The highest BCUT2D eigenvalue weighted by Crippen LogP contribution is 2.35. The standard InChI is InChI=1S/C16H30N2O/c1-13(2)15-11-17-8-4-6-14(17)10-18(15)16(3)7-5-9-19-12-16/h13-15H,4-12H2,1-3H3. The highest BCUT2D eigenvalue weighted by atomic mass is 16.5. The fraction of sp³-hybridized carbons (Fsp3) is 1.00. The summed E-state index contributed by atoms with van der Waals surface area (Å²) in [6, 6.07) is 1.52. The molecule has 0 aliphatic carbocycles. The maximum atomic E-state index is 5.82. The molecule has 3 rings (SSSR count). The topological polar surface area (TPSA) is 15.7 Å². The summed E-state index contributed by atoms with van der Waals surface area (Å²) in [6.45, 7) is 13.0. The van der Waals surface area contributed by atoms with Gasteiger partial charge in [-0.3, -0.25) is 9.80 Å². The van der Waals surface area contributed by atoms with E-state index in [1.165, 1.54) is 45.3 Å². The van der Waals surface area contributed by atoms with Crippen LogP contribution in [-0.4, -0.2) is 60.3 Å². The average Bonchev–Trinajstić information content (AvgIpc) is 2.85. The van der Waals surface area contributed by atoms with Crippen molar-refractivity contribution in [2.24, 2.45) is 5.92 Å². The van der Waals surface area contributed by atoms with Crippen LogP contribution in [0.3, 0.4) is 0 Å². The maximum absolute atomic E-state index is 5.82. The number of ether oxygens (including phenoxy) is 1. The Morgan fingerprint density at radius 2 is 2.05 bits per heavy atom. The van der Waals surface area contributed by atoms with Crippen molar-refractivity contribution in [2.75, 3.05) is 32.8 Å². The molecule has 0 spiro atoms. The van der Waals surface area contributed by atoms with Gasteiger partial charge in [0.05, 0.1) is 6.61 Å². The van der Waals surface area contributed by atoms with Crippen molar-refractivity contribution in [3.63, 3.8) is 0 Å². The minimum absolute atomic E-state index is 0.280. The van der Waals surface area contributed by atoms with Crippen molar-refractivity contribution < 1.29 is 4.74 Å². The number of hydrogen-bond acceptors (Lipinski definition) is 3. The molecule has 3 fully saturated rings. The van der Waals surface area contributed by atoms with E-state index in [0.29, 0.717) is 6.04 Å². The monoisotopic (exact) mass is 266 g/mol. The quantitative estimate of drug-likeness (QED) is 0.763. The van der Waals surface area contributed by atoms with Gasteiger partial charge in [-0.15, -0.1) is 0 Å². The van der Waals surface area contributed by atoms with Crippen LogP contribution >= 0.6 is 0 Å². The van der Waals surface area contributed by atoms with E-state index in [1.54, 1.807) is 0 Å². The lowest BCUT2D eigenvalue weighted by Crippen LogP contribution is -2.66. The molecule has 3 saturated heterocycles. The molecule has 0 amide bonds. The molecule has 0 N–H and O–H groups in total. The molecule has 0 aromatic rings. The highest BCUT2D eigenvalue weighted by molar-refractivity contribution is 5.01. The van der Waals surface area contributed by atoms with Gasteiger partial charge < -0.3 is 4.74 Å². The second kappa shape index (κ2) is 5.34. The van der Waals surface area contributed by atoms with Gasteiger partial charge in [0.2, 0.25) is 0 Å². The van der Waals surface area contributed by atoms with Gasteiger partial charge in [0.15, 0.2) is 0 Å². The number of fused-ring (bicyclic) bond motifs is 1. The smallest absolute Gasteiger partial charge is 0.0647 e. The third kappa shape index (κ3) is 2.57. The minimum Gasteiger partial charge on any atom is -0.380 e. The number of rotatable bonds is 2. The molecular formula is C16H30N2O. The SMILES string of the molecule is CC(C)C1CN2CCCC2CN1C1(C)CCCOC1. The average molecular weight is 266 g/mol. The van der Waals surface area contributed by atoms with Crippen molar-refractivity contribution in [3.05, 3.63) is 0 Å². The Kier molecular flexibility index (Phi) is 3.89. The summed E-state index contributed by atoms with van der Waals surface area (Å²) in [5, 5.41) is 0. The molecule has 0 aromatic heterocycles. The first-order valence-corrected chi connectivity index (χ1v) is 8.19. The number of hydrogen-bond donors (Lipinski definition) is 0.